The highest BCUT2D eigenvalue weighted by atomic mass is 35.5. The van der Waals surface area contributed by atoms with Gasteiger partial charge in [0.2, 0.25) is 0 Å². The predicted molar refractivity (Wildman–Crippen MR) is 87.4 cm³/mol. The summed E-state index contributed by atoms with van der Waals surface area (Å²) in [6.45, 7) is 2.76. The normalized spacial score (nSPS) is 14.3. The number of hydrogen-bond donors (Lipinski definition) is 1. The molecule has 0 atom stereocenters. The van der Waals surface area contributed by atoms with E-state index in [1.54, 1.807) is 17.0 Å². The van der Waals surface area contributed by atoms with Gasteiger partial charge < -0.3 is 10.0 Å². The quantitative estimate of drug-likeness (QED) is 0.921. The van der Waals surface area contributed by atoms with Crippen molar-refractivity contribution in [2.75, 3.05) is 19.7 Å². The van der Waals surface area contributed by atoms with Gasteiger partial charge >= 0.3 is 0 Å². The second-order valence-electron chi connectivity index (χ2n) is 5.64. The van der Waals surface area contributed by atoms with Crippen molar-refractivity contribution >= 4 is 28.4 Å². The smallest absolute Gasteiger partial charge is 0.254 e. The average Bonchev–Trinajstić information content (AvgIpc) is 3.35. The fourth-order valence-corrected chi connectivity index (χ4v) is 2.85. The van der Waals surface area contributed by atoms with E-state index in [2.05, 4.69) is 4.98 Å². The molecule has 22 heavy (non-hydrogen) atoms. The number of carbonyl (C=O) groups excluding carboxylic acids is 1. The Bertz CT molecular complexity index is 713. The maximum absolute atomic E-state index is 12.8. The minimum Gasteiger partial charge on any atom is -0.395 e. The van der Waals surface area contributed by atoms with Crippen LogP contribution in [0.15, 0.2) is 24.3 Å². The van der Waals surface area contributed by atoms with Crippen LogP contribution in [0.4, 0.5) is 0 Å². The van der Waals surface area contributed by atoms with Gasteiger partial charge in [-0.25, -0.2) is 0 Å². The van der Waals surface area contributed by atoms with Gasteiger partial charge in [0.05, 0.1) is 17.7 Å². The summed E-state index contributed by atoms with van der Waals surface area (Å²) in [6, 6.07) is 7.36. The molecule has 1 aromatic heterocycles. The highest BCUT2D eigenvalue weighted by Crippen LogP contribution is 2.40. The van der Waals surface area contributed by atoms with Crippen LogP contribution >= 0.6 is 11.6 Å². The molecule has 1 N–H and O–H groups in total. The molecular formula is C17H19ClN2O2. The number of halogens is 1. The second kappa shape index (κ2) is 6.23. The zero-order chi connectivity index (χ0) is 15.7. The number of hydrogen-bond acceptors (Lipinski definition) is 3. The molecule has 0 radical (unpaired) electrons. The van der Waals surface area contributed by atoms with Gasteiger partial charge in [0, 0.05) is 35.1 Å². The van der Waals surface area contributed by atoms with E-state index in [1.807, 2.05) is 19.1 Å². The molecule has 3 rings (SSSR count). The van der Waals surface area contributed by atoms with Crippen molar-refractivity contribution in [2.45, 2.75) is 25.7 Å². The van der Waals surface area contributed by atoms with E-state index in [0.717, 1.165) is 29.4 Å². The Balaban J connectivity index is 2.12. The van der Waals surface area contributed by atoms with Crippen LogP contribution in [-0.2, 0) is 0 Å². The van der Waals surface area contributed by atoms with Crippen molar-refractivity contribution in [3.63, 3.8) is 0 Å². The van der Waals surface area contributed by atoms with Crippen molar-refractivity contribution in [3.05, 3.63) is 40.5 Å². The van der Waals surface area contributed by atoms with Crippen LogP contribution < -0.4 is 0 Å². The molecule has 1 amide bonds. The number of benzene rings is 1. The monoisotopic (exact) mass is 318 g/mol. The third-order valence-corrected chi connectivity index (χ3v) is 4.29. The number of aliphatic hydroxyl groups excluding tert-OH is 1. The minimum atomic E-state index is -0.0758. The number of pyridine rings is 1. The molecule has 0 unspecified atom stereocenters. The molecule has 1 aliphatic rings. The van der Waals surface area contributed by atoms with Crippen molar-refractivity contribution in [3.8, 4) is 0 Å². The summed E-state index contributed by atoms with van der Waals surface area (Å²) in [6.07, 6.45) is 2.27. The molecule has 0 bridgehead atoms. The Labute approximate surface area is 134 Å². The third-order valence-electron chi connectivity index (χ3n) is 4.06. The summed E-state index contributed by atoms with van der Waals surface area (Å²) in [5.74, 6) is 0.396. The van der Waals surface area contributed by atoms with Crippen molar-refractivity contribution in [2.24, 2.45) is 0 Å². The molecule has 0 spiro atoms. The molecule has 0 aliphatic heterocycles. The highest BCUT2D eigenvalue weighted by Gasteiger charge is 2.27. The number of rotatable bonds is 5. The minimum absolute atomic E-state index is 0.0428. The Hall–Kier alpha value is -1.65. The number of likely N-dealkylation sites (N-methyl/N-ethyl adjacent to an activating group) is 1. The van der Waals surface area contributed by atoms with E-state index >= 15 is 0 Å². The zero-order valence-corrected chi connectivity index (χ0v) is 13.3. The number of nitrogens with zero attached hydrogens (tertiary/aromatic N) is 2. The first-order valence-corrected chi connectivity index (χ1v) is 8.02. The number of aromatic nitrogens is 1. The molecule has 116 valence electrons. The lowest BCUT2D eigenvalue weighted by Gasteiger charge is -2.21. The van der Waals surface area contributed by atoms with E-state index < -0.39 is 0 Å². The fraction of sp³-hybridized carbons (Fsp3) is 0.412. The summed E-state index contributed by atoms with van der Waals surface area (Å²) in [5.41, 5.74) is 2.42. The topological polar surface area (TPSA) is 53.4 Å². The molecule has 1 saturated carbocycles. The fourth-order valence-electron chi connectivity index (χ4n) is 2.68. The van der Waals surface area contributed by atoms with Crippen LogP contribution in [0.3, 0.4) is 0 Å². The first-order valence-electron chi connectivity index (χ1n) is 7.64. The molecule has 1 aliphatic carbocycles. The Kier molecular flexibility index (Phi) is 4.32. The third kappa shape index (κ3) is 2.94. The lowest BCUT2D eigenvalue weighted by Crippen LogP contribution is -2.33. The first-order chi connectivity index (χ1) is 10.6. The number of fused-ring (bicyclic) bond motifs is 1. The highest BCUT2D eigenvalue weighted by molar-refractivity contribution is 6.31. The second-order valence-corrected chi connectivity index (χ2v) is 6.08. The van der Waals surface area contributed by atoms with Crippen LogP contribution in [0, 0.1) is 0 Å². The molecular weight excluding hydrogens is 300 g/mol. The number of amides is 1. The molecule has 5 heteroatoms. The maximum atomic E-state index is 12.8. The maximum Gasteiger partial charge on any atom is 0.254 e. The van der Waals surface area contributed by atoms with Gasteiger partial charge in [-0.1, -0.05) is 11.6 Å². The molecule has 4 nitrogen and oxygen atoms in total. The lowest BCUT2D eigenvalue weighted by atomic mass is 10.0. The van der Waals surface area contributed by atoms with Crippen molar-refractivity contribution < 1.29 is 9.90 Å². The first kappa shape index (κ1) is 15.3. The van der Waals surface area contributed by atoms with Crippen LogP contribution in [0.25, 0.3) is 10.9 Å². The number of carbonyl (C=O) groups is 1. The van der Waals surface area contributed by atoms with Crippen LogP contribution in [0.1, 0.15) is 41.7 Å². The van der Waals surface area contributed by atoms with Gasteiger partial charge in [-0.3, -0.25) is 9.78 Å². The van der Waals surface area contributed by atoms with Crippen molar-refractivity contribution in [1.82, 2.24) is 9.88 Å². The van der Waals surface area contributed by atoms with Crippen LogP contribution in [-0.4, -0.2) is 40.6 Å². The molecule has 1 heterocycles. The standard InChI is InChI=1S/C17H19ClN2O2/c1-2-20(7-8-21)17(22)14-10-16(11-3-4-11)19-15-6-5-12(18)9-13(14)15/h5-6,9-11,21H,2-4,7-8H2,1H3. The summed E-state index contributed by atoms with van der Waals surface area (Å²) < 4.78 is 0. The van der Waals surface area contributed by atoms with Gasteiger partial charge in [-0.2, -0.15) is 0 Å². The largest absolute Gasteiger partial charge is 0.395 e. The summed E-state index contributed by atoms with van der Waals surface area (Å²) in [4.78, 5) is 19.1. The Morgan fingerprint density at radius 1 is 1.41 bits per heavy atom. The van der Waals surface area contributed by atoms with Crippen LogP contribution in [0.5, 0.6) is 0 Å². The van der Waals surface area contributed by atoms with E-state index in [0.29, 0.717) is 29.6 Å². The zero-order valence-electron chi connectivity index (χ0n) is 12.6. The number of aliphatic hydroxyl groups is 1. The van der Waals surface area contributed by atoms with Gasteiger partial charge in [0.25, 0.3) is 5.91 Å². The van der Waals surface area contributed by atoms with Gasteiger partial charge in [0.1, 0.15) is 0 Å². The molecule has 0 saturated heterocycles. The van der Waals surface area contributed by atoms with Crippen LogP contribution in [0.2, 0.25) is 5.02 Å². The summed E-state index contributed by atoms with van der Waals surface area (Å²) in [7, 11) is 0. The Morgan fingerprint density at radius 2 is 2.18 bits per heavy atom. The van der Waals surface area contributed by atoms with E-state index in [-0.39, 0.29) is 12.5 Å². The summed E-state index contributed by atoms with van der Waals surface area (Å²) in [5, 5.41) is 10.5. The molecule has 1 aromatic carbocycles. The van der Waals surface area contributed by atoms with E-state index in [9.17, 15) is 4.79 Å². The molecule has 1 fully saturated rings. The summed E-state index contributed by atoms with van der Waals surface area (Å²) >= 11 is 6.09. The van der Waals surface area contributed by atoms with Crippen molar-refractivity contribution in [1.29, 1.82) is 0 Å². The molecule has 2 aromatic rings. The average molecular weight is 319 g/mol. The van der Waals surface area contributed by atoms with E-state index in [1.165, 1.54) is 0 Å². The van der Waals surface area contributed by atoms with Gasteiger partial charge in [-0.15, -0.1) is 0 Å². The van der Waals surface area contributed by atoms with E-state index in [4.69, 9.17) is 16.7 Å². The van der Waals surface area contributed by atoms with Gasteiger partial charge in [-0.05, 0) is 44.0 Å². The SMILES string of the molecule is CCN(CCO)C(=O)c1cc(C2CC2)nc2ccc(Cl)cc12. The lowest BCUT2D eigenvalue weighted by molar-refractivity contribution is 0.0734. The van der Waals surface area contributed by atoms with Gasteiger partial charge in [0.15, 0.2) is 0 Å². The predicted octanol–water partition coefficient (Wildman–Crippen LogP) is 3.22. The Morgan fingerprint density at radius 3 is 2.82 bits per heavy atom.